The van der Waals surface area contributed by atoms with Gasteiger partial charge < -0.3 is 24.9 Å². The molecule has 4 aliphatic rings. The van der Waals surface area contributed by atoms with E-state index in [1.54, 1.807) is 12.1 Å². The zero-order chi connectivity index (χ0) is 30.6. The van der Waals surface area contributed by atoms with Gasteiger partial charge >= 0.3 is 5.97 Å². The largest absolute Gasteiger partial charge is 0.462 e. The predicted molar refractivity (Wildman–Crippen MR) is 163 cm³/mol. The number of allylic oxidation sites excluding steroid dienone is 2. The number of esters is 1. The van der Waals surface area contributed by atoms with Crippen LogP contribution < -0.4 is 5.32 Å². The van der Waals surface area contributed by atoms with Crippen molar-refractivity contribution in [1.82, 2.24) is 10.2 Å². The summed E-state index contributed by atoms with van der Waals surface area (Å²) in [7, 11) is 4.16. The summed E-state index contributed by atoms with van der Waals surface area (Å²) >= 11 is 0. The number of aldehydes is 1. The van der Waals surface area contributed by atoms with Crippen molar-refractivity contribution in [2.45, 2.75) is 91.0 Å². The molecular formula is C35H48N2O5. The Labute approximate surface area is 250 Å². The third kappa shape index (κ3) is 4.77. The Balaban J connectivity index is 1.48. The number of nitrogens with one attached hydrogen (secondary N) is 1. The fourth-order valence-corrected chi connectivity index (χ4v) is 9.40. The van der Waals surface area contributed by atoms with Gasteiger partial charge in [0.15, 0.2) is 0 Å². The lowest BCUT2D eigenvalue weighted by atomic mass is 9.51. The molecule has 42 heavy (non-hydrogen) atoms. The van der Waals surface area contributed by atoms with Crippen LogP contribution >= 0.6 is 0 Å². The monoisotopic (exact) mass is 576 g/mol. The van der Waals surface area contributed by atoms with Crippen LogP contribution in [-0.2, 0) is 14.3 Å². The van der Waals surface area contributed by atoms with Crippen molar-refractivity contribution in [2.75, 3.05) is 14.1 Å². The Hall–Kier alpha value is -2.77. The second-order valence-corrected chi connectivity index (χ2v) is 14.3. The van der Waals surface area contributed by atoms with Gasteiger partial charge in [-0.1, -0.05) is 62.3 Å². The maximum absolute atomic E-state index is 13.1. The standard InChI is InChI=1S/C35H48N2O5/c1-21(37(6)7)30-28(42-22(2)39)19-35(5)26-18-27(40)31-25(17-24(26)15-16-34(30,35)4)13-14-29(33(31,3)20-38)36-32(41)23-11-9-8-10-12-23/h8-13,15,20-21,26-31,40H,14,16-19H2,1-7H3,(H,36,41). The first kappa shape index (κ1) is 30.7. The SMILES string of the molecule is CC(=O)OC1CC2(C)C3CC(O)C4C(=CCC(NC(=O)c5ccccc5)C4(C)C=O)CC3=CCC2(C)C1C(C)N(C)C. The molecule has 0 radical (unpaired) electrons. The van der Waals surface area contributed by atoms with Gasteiger partial charge in [-0.05, 0) is 82.0 Å². The van der Waals surface area contributed by atoms with Crippen molar-refractivity contribution >= 4 is 18.2 Å². The smallest absolute Gasteiger partial charge is 0.302 e. The molecule has 228 valence electrons. The van der Waals surface area contributed by atoms with E-state index in [-0.39, 0.29) is 46.7 Å². The topological polar surface area (TPSA) is 95.9 Å². The van der Waals surface area contributed by atoms with E-state index in [1.165, 1.54) is 12.5 Å². The lowest BCUT2D eigenvalue weighted by molar-refractivity contribution is -0.150. The molecule has 0 heterocycles. The average Bonchev–Trinajstić information content (AvgIpc) is 3.05. The number of hydrogen-bond donors (Lipinski definition) is 2. The summed E-state index contributed by atoms with van der Waals surface area (Å²) < 4.78 is 6.04. The number of fused-ring (bicyclic) bond motifs is 4. The first-order chi connectivity index (χ1) is 19.8. The summed E-state index contributed by atoms with van der Waals surface area (Å²) in [6.07, 6.45) is 7.94. The summed E-state index contributed by atoms with van der Waals surface area (Å²) in [5, 5.41) is 15.1. The van der Waals surface area contributed by atoms with Crippen molar-refractivity contribution in [3.05, 3.63) is 59.2 Å². The van der Waals surface area contributed by atoms with Crippen LogP contribution in [0.25, 0.3) is 0 Å². The Kier molecular flexibility index (Phi) is 8.08. The number of rotatable bonds is 6. The molecule has 0 saturated heterocycles. The van der Waals surface area contributed by atoms with E-state index in [2.05, 4.69) is 57.2 Å². The second-order valence-electron chi connectivity index (χ2n) is 14.3. The molecule has 1 aromatic rings. The number of amides is 1. The summed E-state index contributed by atoms with van der Waals surface area (Å²) in [4.78, 5) is 40.5. The molecule has 0 bridgehead atoms. The van der Waals surface area contributed by atoms with Crippen molar-refractivity contribution < 1.29 is 24.2 Å². The quantitative estimate of drug-likeness (QED) is 0.283. The van der Waals surface area contributed by atoms with E-state index >= 15 is 0 Å². The van der Waals surface area contributed by atoms with Crippen molar-refractivity contribution in [2.24, 2.45) is 34.0 Å². The Morgan fingerprint density at radius 1 is 1.10 bits per heavy atom. The van der Waals surface area contributed by atoms with E-state index in [1.807, 2.05) is 25.1 Å². The van der Waals surface area contributed by atoms with Crippen molar-refractivity contribution in [3.8, 4) is 0 Å². The van der Waals surface area contributed by atoms with E-state index in [9.17, 15) is 19.5 Å². The molecule has 4 aliphatic carbocycles. The number of carbonyl (C=O) groups excluding carboxylic acids is 3. The molecule has 0 spiro atoms. The van der Waals surface area contributed by atoms with Gasteiger partial charge in [0.2, 0.25) is 0 Å². The molecular weight excluding hydrogens is 528 g/mol. The van der Waals surface area contributed by atoms with Crippen molar-refractivity contribution in [1.29, 1.82) is 0 Å². The minimum absolute atomic E-state index is 0.0865. The van der Waals surface area contributed by atoms with Crippen LogP contribution in [0, 0.1) is 34.0 Å². The number of carbonyl (C=O) groups is 3. The molecule has 0 aliphatic heterocycles. The number of benzene rings is 1. The number of aliphatic hydroxyl groups excluding tert-OH is 1. The van der Waals surface area contributed by atoms with Gasteiger partial charge in [0.25, 0.3) is 5.91 Å². The van der Waals surface area contributed by atoms with Crippen molar-refractivity contribution in [3.63, 3.8) is 0 Å². The molecule has 7 nitrogen and oxygen atoms in total. The summed E-state index contributed by atoms with van der Waals surface area (Å²) in [5.74, 6) is -0.634. The van der Waals surface area contributed by atoms with Crippen LogP contribution in [0.15, 0.2) is 53.6 Å². The Bertz CT molecular complexity index is 1290. The highest BCUT2D eigenvalue weighted by Gasteiger charge is 2.66. The van der Waals surface area contributed by atoms with Crippen LogP contribution in [0.3, 0.4) is 0 Å². The fraction of sp³-hybridized carbons (Fsp3) is 0.629. The summed E-state index contributed by atoms with van der Waals surface area (Å²) in [6.45, 7) is 10.3. The van der Waals surface area contributed by atoms with Crippen LogP contribution in [0.4, 0.5) is 0 Å². The predicted octanol–water partition coefficient (Wildman–Crippen LogP) is 4.95. The van der Waals surface area contributed by atoms with Gasteiger partial charge in [-0.3, -0.25) is 9.59 Å². The Morgan fingerprint density at radius 2 is 1.79 bits per heavy atom. The minimum Gasteiger partial charge on any atom is -0.462 e. The van der Waals surface area contributed by atoms with Gasteiger partial charge in [-0.25, -0.2) is 0 Å². The van der Waals surface area contributed by atoms with Gasteiger partial charge in [0, 0.05) is 36.4 Å². The average molecular weight is 577 g/mol. The Morgan fingerprint density at radius 3 is 2.40 bits per heavy atom. The number of hydrogen-bond acceptors (Lipinski definition) is 6. The zero-order valence-corrected chi connectivity index (χ0v) is 26.2. The highest BCUT2D eigenvalue weighted by atomic mass is 16.5. The van der Waals surface area contributed by atoms with Crippen LogP contribution in [0.5, 0.6) is 0 Å². The first-order valence-electron chi connectivity index (χ1n) is 15.5. The maximum atomic E-state index is 13.1. The van der Waals surface area contributed by atoms with Gasteiger partial charge in [0.1, 0.15) is 12.4 Å². The number of ether oxygens (including phenoxy) is 1. The number of nitrogens with zero attached hydrogens (tertiary/aromatic N) is 1. The molecule has 10 atom stereocenters. The molecule has 2 N–H and O–H groups in total. The summed E-state index contributed by atoms with van der Waals surface area (Å²) in [5.41, 5.74) is 1.66. The lowest BCUT2D eigenvalue weighted by Crippen LogP contribution is -2.55. The maximum Gasteiger partial charge on any atom is 0.302 e. The molecule has 7 heteroatoms. The van der Waals surface area contributed by atoms with E-state index in [0.29, 0.717) is 24.8 Å². The highest BCUT2D eigenvalue weighted by molar-refractivity contribution is 5.94. The molecule has 0 aromatic heterocycles. The third-order valence-corrected chi connectivity index (χ3v) is 12.0. The van der Waals surface area contributed by atoms with E-state index in [0.717, 1.165) is 24.7 Å². The lowest BCUT2D eigenvalue weighted by Gasteiger charge is -2.54. The molecule has 1 amide bonds. The molecule has 1 aromatic carbocycles. The van der Waals surface area contributed by atoms with Gasteiger partial charge in [-0.2, -0.15) is 0 Å². The number of aliphatic hydroxyl groups is 1. The van der Waals surface area contributed by atoms with E-state index < -0.39 is 23.5 Å². The normalized spacial score (nSPS) is 39.9. The van der Waals surface area contributed by atoms with Gasteiger partial charge in [-0.15, -0.1) is 0 Å². The fourth-order valence-electron chi connectivity index (χ4n) is 9.40. The molecule has 10 unspecified atom stereocenters. The minimum atomic E-state index is -0.954. The van der Waals surface area contributed by atoms with E-state index in [4.69, 9.17) is 4.74 Å². The van der Waals surface area contributed by atoms with Crippen LogP contribution in [-0.4, -0.2) is 66.6 Å². The zero-order valence-electron chi connectivity index (χ0n) is 26.2. The first-order valence-corrected chi connectivity index (χ1v) is 15.5. The van der Waals surface area contributed by atoms with Crippen LogP contribution in [0.2, 0.25) is 0 Å². The second kappa shape index (κ2) is 11.1. The highest BCUT2D eigenvalue weighted by Crippen LogP contribution is 2.69. The molecule has 2 fully saturated rings. The molecule has 2 saturated carbocycles. The third-order valence-electron chi connectivity index (χ3n) is 12.0. The summed E-state index contributed by atoms with van der Waals surface area (Å²) in [6, 6.07) is 8.82. The van der Waals surface area contributed by atoms with Gasteiger partial charge in [0.05, 0.1) is 11.5 Å². The van der Waals surface area contributed by atoms with Crippen LogP contribution in [0.1, 0.15) is 77.1 Å². The molecule has 5 rings (SSSR count).